The van der Waals surface area contributed by atoms with Gasteiger partial charge in [0.05, 0.1) is 24.5 Å². The Morgan fingerprint density at radius 2 is 2.11 bits per heavy atom. The molecular weight excluding hydrogens is 342 g/mol. The summed E-state index contributed by atoms with van der Waals surface area (Å²) < 4.78 is 11.3. The Balaban J connectivity index is 1.78. The van der Waals surface area contributed by atoms with Crippen LogP contribution in [0.15, 0.2) is 47.1 Å². The number of hydrogen-bond donors (Lipinski definition) is 1. The van der Waals surface area contributed by atoms with E-state index in [4.69, 9.17) is 9.15 Å². The van der Waals surface area contributed by atoms with Gasteiger partial charge in [-0.1, -0.05) is 31.0 Å². The molecule has 4 rings (SSSR count). The molecule has 1 N–H and O–H groups in total. The molecule has 1 aliphatic heterocycles. The Morgan fingerprint density at radius 3 is 2.89 bits per heavy atom. The Bertz CT molecular complexity index is 787. The van der Waals surface area contributed by atoms with Crippen LogP contribution in [0.2, 0.25) is 0 Å². The predicted molar refractivity (Wildman–Crippen MR) is 102 cm³/mol. The number of carbonyl (C=O) groups excluding carboxylic acids is 1. The third-order valence-corrected chi connectivity index (χ3v) is 6.10. The van der Waals surface area contributed by atoms with Gasteiger partial charge in [0, 0.05) is 18.0 Å². The first-order chi connectivity index (χ1) is 13.1. The average molecular weight is 369 g/mol. The fraction of sp³-hybridized carbons (Fsp3) is 0.500. The molecule has 1 aromatic heterocycles. The number of likely N-dealkylation sites (tertiary alicyclic amines) is 1. The molecule has 144 valence electrons. The van der Waals surface area contributed by atoms with Gasteiger partial charge < -0.3 is 19.2 Å². The molecule has 5 heteroatoms. The van der Waals surface area contributed by atoms with Crippen LogP contribution in [0.5, 0.6) is 5.75 Å². The van der Waals surface area contributed by atoms with Crippen LogP contribution in [0.25, 0.3) is 0 Å². The fourth-order valence-electron chi connectivity index (χ4n) is 4.85. The molecule has 1 saturated heterocycles. The van der Waals surface area contributed by atoms with Gasteiger partial charge in [-0.05, 0) is 44.4 Å². The standard InChI is InChI=1S/C22H27NO4/c1-2-26-18-10-4-3-8-16(18)20-17-9-5-6-12-22(17,25)13-14-23(20)21(24)19-11-7-15-27-19/h3-4,7-8,10-11,15,17,20,25H,2,5-6,9,12-14H2,1H3. The Hall–Kier alpha value is -2.27. The van der Waals surface area contributed by atoms with Crippen molar-refractivity contribution in [3.05, 3.63) is 54.0 Å². The second kappa shape index (κ2) is 7.39. The van der Waals surface area contributed by atoms with Crippen LogP contribution < -0.4 is 4.74 Å². The number of ether oxygens (including phenoxy) is 1. The lowest BCUT2D eigenvalue weighted by molar-refractivity contribution is -0.115. The third kappa shape index (κ3) is 3.25. The van der Waals surface area contributed by atoms with Crippen molar-refractivity contribution in [1.82, 2.24) is 4.90 Å². The van der Waals surface area contributed by atoms with E-state index in [1.807, 2.05) is 36.1 Å². The van der Waals surface area contributed by atoms with Crippen LogP contribution in [0, 0.1) is 5.92 Å². The van der Waals surface area contributed by atoms with E-state index in [0.29, 0.717) is 25.3 Å². The van der Waals surface area contributed by atoms with Crippen LogP contribution in [-0.4, -0.2) is 34.7 Å². The minimum atomic E-state index is -0.720. The number of rotatable bonds is 4. The zero-order valence-electron chi connectivity index (χ0n) is 15.8. The van der Waals surface area contributed by atoms with Crippen molar-refractivity contribution >= 4 is 5.91 Å². The van der Waals surface area contributed by atoms with Crippen LogP contribution in [-0.2, 0) is 0 Å². The van der Waals surface area contributed by atoms with Gasteiger partial charge in [-0.2, -0.15) is 0 Å². The highest BCUT2D eigenvalue weighted by Gasteiger charge is 2.51. The van der Waals surface area contributed by atoms with Crippen LogP contribution in [0.3, 0.4) is 0 Å². The number of fused-ring (bicyclic) bond motifs is 1. The summed E-state index contributed by atoms with van der Waals surface area (Å²) in [5.74, 6) is 1.01. The highest BCUT2D eigenvalue weighted by molar-refractivity contribution is 5.92. The van der Waals surface area contributed by atoms with Gasteiger partial charge in [0.15, 0.2) is 5.76 Å². The predicted octanol–water partition coefficient (Wildman–Crippen LogP) is 4.19. The van der Waals surface area contributed by atoms with Gasteiger partial charge in [0.1, 0.15) is 5.75 Å². The number of carbonyl (C=O) groups is 1. The van der Waals surface area contributed by atoms with E-state index in [1.165, 1.54) is 6.26 Å². The zero-order valence-corrected chi connectivity index (χ0v) is 15.8. The monoisotopic (exact) mass is 369 g/mol. The van der Waals surface area contributed by atoms with E-state index >= 15 is 0 Å². The van der Waals surface area contributed by atoms with Gasteiger partial charge >= 0.3 is 0 Å². The van der Waals surface area contributed by atoms with Crippen LogP contribution >= 0.6 is 0 Å². The number of benzene rings is 1. The second-order valence-electron chi connectivity index (χ2n) is 7.60. The van der Waals surface area contributed by atoms with Gasteiger partial charge in [-0.3, -0.25) is 4.79 Å². The summed E-state index contributed by atoms with van der Waals surface area (Å²) in [6.45, 7) is 3.03. The molecule has 2 fully saturated rings. The molecule has 0 radical (unpaired) electrons. The first-order valence-electron chi connectivity index (χ1n) is 9.92. The topological polar surface area (TPSA) is 62.9 Å². The van der Waals surface area contributed by atoms with E-state index in [2.05, 4.69) is 0 Å². The van der Waals surface area contributed by atoms with Crippen molar-refractivity contribution in [1.29, 1.82) is 0 Å². The van der Waals surface area contributed by atoms with Crippen LogP contribution in [0.1, 0.15) is 61.2 Å². The number of aliphatic hydroxyl groups is 1. The maximum atomic E-state index is 13.2. The summed E-state index contributed by atoms with van der Waals surface area (Å²) in [6.07, 6.45) is 5.95. The molecule has 27 heavy (non-hydrogen) atoms. The first kappa shape index (κ1) is 18.1. The van der Waals surface area contributed by atoms with Crippen LogP contribution in [0.4, 0.5) is 0 Å². The molecule has 2 aliphatic rings. The maximum Gasteiger partial charge on any atom is 0.290 e. The van der Waals surface area contributed by atoms with E-state index in [9.17, 15) is 9.90 Å². The van der Waals surface area contributed by atoms with E-state index < -0.39 is 5.60 Å². The van der Waals surface area contributed by atoms with Crippen molar-refractivity contribution in [2.75, 3.05) is 13.2 Å². The molecule has 2 heterocycles. The average Bonchev–Trinajstić information content (AvgIpc) is 3.22. The van der Waals surface area contributed by atoms with Crippen molar-refractivity contribution in [2.24, 2.45) is 5.92 Å². The number of piperidine rings is 1. The number of para-hydroxylation sites is 1. The molecule has 1 amide bonds. The Morgan fingerprint density at radius 1 is 1.26 bits per heavy atom. The molecule has 1 aromatic carbocycles. The molecule has 1 saturated carbocycles. The van der Waals surface area contributed by atoms with Gasteiger partial charge in [0.2, 0.25) is 0 Å². The van der Waals surface area contributed by atoms with E-state index in [-0.39, 0.29) is 17.9 Å². The van der Waals surface area contributed by atoms with Crippen molar-refractivity contribution in [3.63, 3.8) is 0 Å². The number of hydrogen-bond acceptors (Lipinski definition) is 4. The fourth-order valence-corrected chi connectivity index (χ4v) is 4.85. The molecular formula is C22H27NO4. The molecule has 0 bridgehead atoms. The normalized spacial score (nSPS) is 27.9. The molecule has 3 unspecified atom stereocenters. The maximum absolute atomic E-state index is 13.2. The summed E-state index contributed by atoms with van der Waals surface area (Å²) in [4.78, 5) is 15.1. The highest BCUT2D eigenvalue weighted by atomic mass is 16.5. The molecule has 2 aromatic rings. The minimum absolute atomic E-state index is 0.000480. The molecule has 5 nitrogen and oxygen atoms in total. The summed E-state index contributed by atoms with van der Waals surface area (Å²) in [5, 5.41) is 11.4. The summed E-state index contributed by atoms with van der Waals surface area (Å²) in [6, 6.07) is 11.1. The van der Waals surface area contributed by atoms with Gasteiger partial charge in [0.25, 0.3) is 5.91 Å². The van der Waals surface area contributed by atoms with Crippen molar-refractivity contribution in [3.8, 4) is 5.75 Å². The van der Waals surface area contributed by atoms with Crippen molar-refractivity contribution in [2.45, 2.75) is 50.7 Å². The van der Waals surface area contributed by atoms with Gasteiger partial charge in [-0.15, -0.1) is 0 Å². The Kier molecular flexibility index (Phi) is 4.96. The quantitative estimate of drug-likeness (QED) is 0.878. The third-order valence-electron chi connectivity index (χ3n) is 6.10. The van der Waals surface area contributed by atoms with Crippen molar-refractivity contribution < 1.29 is 19.1 Å². The largest absolute Gasteiger partial charge is 0.494 e. The van der Waals surface area contributed by atoms with Gasteiger partial charge in [-0.25, -0.2) is 0 Å². The molecule has 0 spiro atoms. The summed E-state index contributed by atoms with van der Waals surface area (Å²) in [5.41, 5.74) is 0.256. The second-order valence-corrected chi connectivity index (χ2v) is 7.60. The van der Waals surface area contributed by atoms with E-state index in [1.54, 1.807) is 12.1 Å². The number of nitrogens with zero attached hydrogens (tertiary/aromatic N) is 1. The highest BCUT2D eigenvalue weighted by Crippen LogP contribution is 2.51. The smallest absolute Gasteiger partial charge is 0.290 e. The SMILES string of the molecule is CCOc1ccccc1C1C2CCCCC2(O)CCN1C(=O)c1ccco1. The van der Waals surface area contributed by atoms with E-state index in [0.717, 1.165) is 37.0 Å². The zero-order chi connectivity index (χ0) is 18.9. The summed E-state index contributed by atoms with van der Waals surface area (Å²) >= 11 is 0. The Labute approximate surface area is 159 Å². The lowest BCUT2D eigenvalue weighted by atomic mass is 9.66. The lowest BCUT2D eigenvalue weighted by Crippen LogP contribution is -2.56. The number of furan rings is 1. The lowest BCUT2D eigenvalue weighted by Gasteiger charge is -2.52. The summed E-state index contributed by atoms with van der Waals surface area (Å²) in [7, 11) is 0. The number of amides is 1. The first-order valence-corrected chi connectivity index (χ1v) is 9.92. The molecule has 1 aliphatic carbocycles. The minimum Gasteiger partial charge on any atom is -0.494 e. The molecule has 3 atom stereocenters.